The molecule has 0 aromatic heterocycles. The number of ketones is 1. The Morgan fingerprint density at radius 1 is 0.952 bits per heavy atom. The predicted octanol–water partition coefficient (Wildman–Crippen LogP) is 3.29. The largest absolute Gasteiger partial charge is 0.469 e. The molecule has 2 aromatic rings. The number of hydrogen-bond donors (Lipinski definition) is 0. The van der Waals surface area contributed by atoms with Crippen molar-refractivity contribution in [2.75, 3.05) is 7.11 Å². The summed E-state index contributed by atoms with van der Waals surface area (Å²) in [6.07, 6.45) is 0.664. The molecule has 21 heavy (non-hydrogen) atoms. The van der Waals surface area contributed by atoms with Crippen molar-refractivity contribution in [3.8, 4) is 0 Å². The molecule has 0 aliphatic carbocycles. The van der Waals surface area contributed by atoms with Crippen LogP contribution in [-0.2, 0) is 16.0 Å². The highest BCUT2D eigenvalue weighted by Gasteiger charge is 2.23. The Bertz CT molecular complexity index is 590. The van der Waals surface area contributed by atoms with Gasteiger partial charge in [-0.3, -0.25) is 9.59 Å². The molecule has 0 radical (unpaired) electrons. The van der Waals surface area contributed by atoms with Crippen LogP contribution >= 0.6 is 0 Å². The summed E-state index contributed by atoms with van der Waals surface area (Å²) in [5.74, 6) is -0.838. The maximum atomic E-state index is 12.3. The van der Waals surface area contributed by atoms with Gasteiger partial charge in [0, 0.05) is 12.0 Å². The van der Waals surface area contributed by atoms with Crippen molar-refractivity contribution in [3.63, 3.8) is 0 Å². The molecule has 1 unspecified atom stereocenters. The number of ether oxygens (including phenoxy) is 1. The number of carbonyl (C=O) groups excluding carboxylic acids is 2. The summed E-state index contributed by atoms with van der Waals surface area (Å²) in [6, 6.07) is 18.7. The number of esters is 1. The first-order valence-electron chi connectivity index (χ1n) is 6.90. The molecule has 108 valence electrons. The van der Waals surface area contributed by atoms with Crippen LogP contribution in [0.4, 0.5) is 0 Å². The van der Waals surface area contributed by atoms with E-state index in [1.807, 2.05) is 48.5 Å². The predicted molar refractivity (Wildman–Crippen MR) is 81.0 cm³/mol. The molecule has 1 atom stereocenters. The zero-order chi connectivity index (χ0) is 15.1. The number of rotatable bonds is 6. The standard InChI is InChI=1S/C18H18O3/c1-21-18(20)16(12-14-8-4-2-5-9-14)13-17(19)15-10-6-3-7-11-15/h2-11,16H,12-13H2,1H3. The smallest absolute Gasteiger partial charge is 0.309 e. The van der Waals surface area contributed by atoms with Gasteiger partial charge < -0.3 is 4.74 Å². The van der Waals surface area contributed by atoms with Crippen molar-refractivity contribution < 1.29 is 14.3 Å². The topological polar surface area (TPSA) is 43.4 Å². The Labute approximate surface area is 124 Å². The van der Waals surface area contributed by atoms with Crippen LogP contribution in [0.15, 0.2) is 60.7 Å². The van der Waals surface area contributed by atoms with Crippen LogP contribution in [-0.4, -0.2) is 18.9 Å². The van der Waals surface area contributed by atoms with Crippen molar-refractivity contribution in [2.45, 2.75) is 12.8 Å². The first kappa shape index (κ1) is 15.0. The van der Waals surface area contributed by atoms with Gasteiger partial charge in [-0.1, -0.05) is 60.7 Å². The summed E-state index contributed by atoms with van der Waals surface area (Å²) in [5, 5.41) is 0. The van der Waals surface area contributed by atoms with Crippen LogP contribution in [0.1, 0.15) is 22.3 Å². The summed E-state index contributed by atoms with van der Waals surface area (Å²) in [5.41, 5.74) is 1.65. The third kappa shape index (κ3) is 4.28. The quantitative estimate of drug-likeness (QED) is 0.603. The zero-order valence-corrected chi connectivity index (χ0v) is 12.0. The molecule has 0 saturated carbocycles. The third-order valence-electron chi connectivity index (χ3n) is 3.39. The summed E-state index contributed by atoms with van der Waals surface area (Å²) in [6.45, 7) is 0. The highest BCUT2D eigenvalue weighted by molar-refractivity contribution is 5.98. The Hall–Kier alpha value is -2.42. The van der Waals surface area contributed by atoms with Gasteiger partial charge in [0.1, 0.15) is 0 Å². The molecule has 0 amide bonds. The van der Waals surface area contributed by atoms with Crippen LogP contribution in [0.25, 0.3) is 0 Å². The lowest BCUT2D eigenvalue weighted by Crippen LogP contribution is -2.22. The second-order valence-electron chi connectivity index (χ2n) is 4.90. The summed E-state index contributed by atoms with van der Waals surface area (Å²) < 4.78 is 4.83. The van der Waals surface area contributed by atoms with E-state index >= 15 is 0 Å². The fourth-order valence-electron chi connectivity index (χ4n) is 2.27. The van der Waals surface area contributed by atoms with Gasteiger partial charge in [0.05, 0.1) is 13.0 Å². The average molecular weight is 282 g/mol. The SMILES string of the molecule is COC(=O)C(CC(=O)c1ccccc1)Cc1ccccc1. The van der Waals surface area contributed by atoms with Gasteiger partial charge in [-0.05, 0) is 12.0 Å². The molecule has 3 nitrogen and oxygen atoms in total. The van der Waals surface area contributed by atoms with Crippen LogP contribution in [0.3, 0.4) is 0 Å². The lowest BCUT2D eigenvalue weighted by Gasteiger charge is -2.14. The summed E-state index contributed by atoms with van der Waals surface area (Å²) >= 11 is 0. The molecular formula is C18H18O3. The van der Waals surface area contributed by atoms with Gasteiger partial charge >= 0.3 is 5.97 Å². The zero-order valence-electron chi connectivity index (χ0n) is 12.0. The van der Waals surface area contributed by atoms with Gasteiger partial charge in [0.15, 0.2) is 5.78 Å². The van der Waals surface area contributed by atoms with E-state index < -0.39 is 5.92 Å². The van der Waals surface area contributed by atoms with Crippen molar-refractivity contribution >= 4 is 11.8 Å². The van der Waals surface area contributed by atoms with Crippen LogP contribution in [0, 0.1) is 5.92 Å². The van der Waals surface area contributed by atoms with E-state index in [1.165, 1.54) is 7.11 Å². The van der Waals surface area contributed by atoms with Crippen molar-refractivity contribution in [2.24, 2.45) is 5.92 Å². The molecule has 0 fully saturated rings. The Morgan fingerprint density at radius 3 is 2.10 bits per heavy atom. The lowest BCUT2D eigenvalue weighted by molar-refractivity contribution is -0.145. The van der Waals surface area contributed by atoms with E-state index in [0.29, 0.717) is 12.0 Å². The molecular weight excluding hydrogens is 264 g/mol. The van der Waals surface area contributed by atoms with Gasteiger partial charge in [-0.25, -0.2) is 0 Å². The number of carbonyl (C=O) groups is 2. The third-order valence-corrected chi connectivity index (χ3v) is 3.39. The van der Waals surface area contributed by atoms with E-state index in [-0.39, 0.29) is 18.2 Å². The minimum absolute atomic E-state index is 0.0399. The normalized spacial score (nSPS) is 11.7. The number of hydrogen-bond acceptors (Lipinski definition) is 3. The van der Waals surface area contributed by atoms with Crippen molar-refractivity contribution in [1.29, 1.82) is 0 Å². The summed E-state index contributed by atoms with van der Waals surface area (Å²) in [4.78, 5) is 24.2. The Kier molecular flexibility index (Phi) is 5.27. The maximum Gasteiger partial charge on any atom is 0.309 e. The van der Waals surface area contributed by atoms with Crippen molar-refractivity contribution in [1.82, 2.24) is 0 Å². The number of benzene rings is 2. The van der Waals surface area contributed by atoms with Gasteiger partial charge in [0.25, 0.3) is 0 Å². The molecule has 0 bridgehead atoms. The molecule has 2 rings (SSSR count). The first-order valence-corrected chi connectivity index (χ1v) is 6.90. The summed E-state index contributed by atoms with van der Waals surface area (Å²) in [7, 11) is 1.35. The monoisotopic (exact) mass is 282 g/mol. The minimum atomic E-state index is -0.454. The van der Waals surface area contributed by atoms with Gasteiger partial charge in [-0.15, -0.1) is 0 Å². The average Bonchev–Trinajstić information content (AvgIpc) is 2.55. The second-order valence-corrected chi connectivity index (χ2v) is 4.90. The second kappa shape index (κ2) is 7.39. The van der Waals surface area contributed by atoms with E-state index in [0.717, 1.165) is 5.56 Å². The molecule has 0 aliphatic rings. The molecule has 0 heterocycles. The molecule has 0 aliphatic heterocycles. The van der Waals surface area contributed by atoms with Crippen molar-refractivity contribution in [3.05, 3.63) is 71.8 Å². The van der Waals surface area contributed by atoms with Gasteiger partial charge in [0.2, 0.25) is 0 Å². The maximum absolute atomic E-state index is 12.3. The molecule has 3 heteroatoms. The fourth-order valence-corrected chi connectivity index (χ4v) is 2.27. The minimum Gasteiger partial charge on any atom is -0.469 e. The van der Waals surface area contributed by atoms with E-state index in [1.54, 1.807) is 12.1 Å². The highest BCUT2D eigenvalue weighted by Crippen LogP contribution is 2.17. The molecule has 0 saturated heterocycles. The number of Topliss-reactive ketones (excluding diaryl/α,β-unsaturated/α-hetero) is 1. The molecule has 2 aromatic carbocycles. The Balaban J connectivity index is 2.10. The molecule has 0 N–H and O–H groups in total. The van der Waals surface area contributed by atoms with Crippen LogP contribution in [0.5, 0.6) is 0 Å². The Morgan fingerprint density at radius 2 is 1.52 bits per heavy atom. The first-order chi connectivity index (χ1) is 10.2. The molecule has 0 spiro atoms. The van der Waals surface area contributed by atoms with Crippen LogP contribution < -0.4 is 0 Å². The lowest BCUT2D eigenvalue weighted by atomic mass is 9.92. The van der Waals surface area contributed by atoms with Crippen LogP contribution in [0.2, 0.25) is 0 Å². The van der Waals surface area contributed by atoms with E-state index in [2.05, 4.69) is 0 Å². The number of methoxy groups -OCH3 is 1. The van der Waals surface area contributed by atoms with E-state index in [4.69, 9.17) is 4.74 Å². The van der Waals surface area contributed by atoms with Gasteiger partial charge in [-0.2, -0.15) is 0 Å². The van der Waals surface area contributed by atoms with E-state index in [9.17, 15) is 9.59 Å². The highest BCUT2D eigenvalue weighted by atomic mass is 16.5. The fraction of sp³-hybridized carbons (Fsp3) is 0.222.